The van der Waals surface area contributed by atoms with Crippen molar-refractivity contribution in [2.75, 3.05) is 13.2 Å². The molecule has 88 valence electrons. The van der Waals surface area contributed by atoms with Gasteiger partial charge in [-0.25, -0.2) is 0 Å². The van der Waals surface area contributed by atoms with Gasteiger partial charge < -0.3 is 14.2 Å². The van der Waals surface area contributed by atoms with Crippen LogP contribution < -0.4 is 0 Å². The average molecular weight is 224 g/mol. The number of hydrogen-bond acceptors (Lipinski definition) is 4. The molecule has 4 heteroatoms. The fourth-order valence-electron chi connectivity index (χ4n) is 2.81. The summed E-state index contributed by atoms with van der Waals surface area (Å²) in [6.07, 6.45) is 3.38. The van der Waals surface area contributed by atoms with Crippen molar-refractivity contribution in [3.05, 3.63) is 12.2 Å². The van der Waals surface area contributed by atoms with E-state index in [-0.39, 0.29) is 23.7 Å². The highest BCUT2D eigenvalue weighted by molar-refractivity contribution is 5.86. The molecule has 2 bridgehead atoms. The molecule has 0 saturated carbocycles. The Morgan fingerprint density at radius 2 is 2.00 bits per heavy atom. The first-order valence-electron chi connectivity index (χ1n) is 5.79. The third kappa shape index (κ3) is 1.18. The molecule has 0 aromatic carbocycles. The topological polar surface area (TPSA) is 44.8 Å². The largest absolute Gasteiger partial charge is 0.357 e. The molecule has 16 heavy (non-hydrogen) atoms. The van der Waals surface area contributed by atoms with E-state index in [0.29, 0.717) is 13.2 Å². The molecule has 0 spiro atoms. The summed E-state index contributed by atoms with van der Waals surface area (Å²) in [5.41, 5.74) is -0.690. The Balaban J connectivity index is 1.95. The molecule has 4 atom stereocenters. The Morgan fingerprint density at radius 1 is 1.31 bits per heavy atom. The van der Waals surface area contributed by atoms with Gasteiger partial charge in [0.2, 0.25) is 0 Å². The minimum atomic E-state index is -0.690. The summed E-state index contributed by atoms with van der Waals surface area (Å²) < 4.78 is 17.0. The molecule has 0 amide bonds. The van der Waals surface area contributed by atoms with Gasteiger partial charge in [-0.15, -0.1) is 0 Å². The summed E-state index contributed by atoms with van der Waals surface area (Å²) in [6.45, 7) is 4.96. The zero-order valence-corrected chi connectivity index (χ0v) is 9.51. The van der Waals surface area contributed by atoms with Gasteiger partial charge in [-0.2, -0.15) is 0 Å². The van der Waals surface area contributed by atoms with E-state index in [1.165, 1.54) is 0 Å². The summed E-state index contributed by atoms with van der Waals surface area (Å²) >= 11 is 0. The van der Waals surface area contributed by atoms with E-state index in [0.717, 1.165) is 0 Å². The first kappa shape index (κ1) is 10.4. The lowest BCUT2D eigenvalue weighted by atomic mass is 9.79. The summed E-state index contributed by atoms with van der Waals surface area (Å²) in [6, 6.07) is 0. The Bertz CT molecular complexity index is 345. The van der Waals surface area contributed by atoms with Crippen molar-refractivity contribution >= 4 is 5.78 Å². The normalized spacial score (nSPS) is 47.9. The van der Waals surface area contributed by atoms with E-state index < -0.39 is 11.9 Å². The molecule has 3 rings (SSSR count). The van der Waals surface area contributed by atoms with Crippen LogP contribution in [0.2, 0.25) is 0 Å². The molecule has 0 radical (unpaired) electrons. The monoisotopic (exact) mass is 224 g/mol. The lowest BCUT2D eigenvalue weighted by molar-refractivity contribution is -0.225. The van der Waals surface area contributed by atoms with E-state index in [9.17, 15) is 4.79 Å². The van der Waals surface area contributed by atoms with Crippen LogP contribution in [0.25, 0.3) is 0 Å². The first-order valence-corrected chi connectivity index (χ1v) is 5.79. The first-order chi connectivity index (χ1) is 7.65. The van der Waals surface area contributed by atoms with Gasteiger partial charge in [-0.05, 0) is 6.08 Å². The van der Waals surface area contributed by atoms with Gasteiger partial charge in [0.05, 0.1) is 25.2 Å². The van der Waals surface area contributed by atoms with Crippen LogP contribution in [0.15, 0.2) is 12.2 Å². The Kier molecular flexibility index (Phi) is 2.21. The van der Waals surface area contributed by atoms with Crippen LogP contribution >= 0.6 is 0 Å². The highest BCUT2D eigenvalue weighted by Crippen LogP contribution is 2.45. The van der Waals surface area contributed by atoms with E-state index in [1.54, 1.807) is 0 Å². The maximum absolute atomic E-state index is 12.1. The maximum Gasteiger partial charge on any atom is 0.191 e. The van der Waals surface area contributed by atoms with Crippen LogP contribution in [0, 0.1) is 11.8 Å². The van der Waals surface area contributed by atoms with Gasteiger partial charge >= 0.3 is 0 Å². The van der Waals surface area contributed by atoms with Crippen molar-refractivity contribution < 1.29 is 19.0 Å². The molecule has 0 aromatic heterocycles. The van der Waals surface area contributed by atoms with Crippen LogP contribution in [0.4, 0.5) is 0 Å². The third-order valence-corrected chi connectivity index (χ3v) is 3.92. The van der Waals surface area contributed by atoms with E-state index in [2.05, 4.69) is 0 Å². The maximum atomic E-state index is 12.1. The van der Waals surface area contributed by atoms with Gasteiger partial charge in [-0.3, -0.25) is 4.79 Å². The van der Waals surface area contributed by atoms with Crippen molar-refractivity contribution in [2.24, 2.45) is 11.8 Å². The van der Waals surface area contributed by atoms with Crippen molar-refractivity contribution in [3.8, 4) is 0 Å². The van der Waals surface area contributed by atoms with Crippen LogP contribution in [-0.4, -0.2) is 37.0 Å². The van der Waals surface area contributed by atoms with Crippen molar-refractivity contribution in [1.82, 2.24) is 0 Å². The molecule has 3 aliphatic heterocycles. The van der Waals surface area contributed by atoms with Crippen LogP contribution in [0.1, 0.15) is 13.8 Å². The summed E-state index contributed by atoms with van der Waals surface area (Å²) in [7, 11) is 0. The number of rotatable bonds is 1. The van der Waals surface area contributed by atoms with Crippen LogP contribution in [0.5, 0.6) is 0 Å². The number of fused-ring (bicyclic) bond motifs is 2. The van der Waals surface area contributed by atoms with Gasteiger partial charge in [0.25, 0.3) is 0 Å². The Hall–Kier alpha value is -0.710. The smallest absolute Gasteiger partial charge is 0.191 e. The van der Waals surface area contributed by atoms with Gasteiger partial charge in [0, 0.05) is 5.92 Å². The second-order valence-electron chi connectivity index (χ2n) is 4.78. The predicted molar refractivity (Wildman–Crippen MR) is 55.8 cm³/mol. The summed E-state index contributed by atoms with van der Waals surface area (Å²) in [5.74, 6) is -0.0378. The number of hydrogen-bond donors (Lipinski definition) is 0. The molecule has 4 nitrogen and oxygen atoms in total. The number of Topliss-reactive ketones (excluding diaryl/α,β-unsaturated/α-hetero) is 1. The third-order valence-electron chi connectivity index (χ3n) is 3.92. The summed E-state index contributed by atoms with van der Waals surface area (Å²) in [4.78, 5) is 12.1. The number of carbonyl (C=O) groups is 1. The molecule has 0 N–H and O–H groups in total. The quantitative estimate of drug-likeness (QED) is 0.621. The van der Waals surface area contributed by atoms with E-state index in [4.69, 9.17) is 14.2 Å². The highest BCUT2D eigenvalue weighted by Gasteiger charge is 2.58. The Labute approximate surface area is 94.5 Å². The number of ether oxygens (including phenoxy) is 3. The molecule has 3 heterocycles. The minimum Gasteiger partial charge on any atom is -0.357 e. The van der Waals surface area contributed by atoms with Crippen molar-refractivity contribution in [1.29, 1.82) is 0 Å². The summed E-state index contributed by atoms with van der Waals surface area (Å²) in [5, 5.41) is 0. The van der Waals surface area contributed by atoms with Gasteiger partial charge in [-0.1, -0.05) is 19.9 Å². The molecular weight excluding hydrogens is 208 g/mol. The lowest BCUT2D eigenvalue weighted by Gasteiger charge is -2.42. The molecular formula is C12H16O4. The minimum absolute atomic E-state index is 0.0664. The zero-order valence-electron chi connectivity index (χ0n) is 9.51. The number of carbonyl (C=O) groups excluding carboxylic acids is 1. The highest BCUT2D eigenvalue weighted by atomic mass is 16.7. The molecule has 0 aromatic rings. The molecule has 0 unspecified atom stereocenters. The molecule has 0 aliphatic carbocycles. The number of ketones is 1. The second kappa shape index (κ2) is 3.39. The van der Waals surface area contributed by atoms with Gasteiger partial charge in [0.15, 0.2) is 6.29 Å². The molecule has 3 aliphatic rings. The Morgan fingerprint density at radius 3 is 2.69 bits per heavy atom. The fraction of sp³-hybridized carbons (Fsp3) is 0.750. The lowest BCUT2D eigenvalue weighted by Crippen LogP contribution is -2.56. The van der Waals surface area contributed by atoms with Crippen molar-refractivity contribution in [3.63, 3.8) is 0 Å². The predicted octanol–water partition coefficient (Wildman–Crippen LogP) is 0.908. The van der Waals surface area contributed by atoms with Gasteiger partial charge in [0.1, 0.15) is 11.4 Å². The van der Waals surface area contributed by atoms with Crippen LogP contribution in [0.3, 0.4) is 0 Å². The van der Waals surface area contributed by atoms with Crippen molar-refractivity contribution in [2.45, 2.75) is 31.8 Å². The standard InChI is InChI=1S/C12H16O4/c1-7-9-3-4-12(16-9,8(2)10(7)13)11-14-5-6-15-11/h3-4,7-9,11H,5-6H2,1-2H3/t7-,8-,9+,12-/m0/s1. The van der Waals surface area contributed by atoms with E-state index >= 15 is 0 Å². The molecule has 2 fully saturated rings. The fourth-order valence-corrected chi connectivity index (χ4v) is 2.81. The van der Waals surface area contributed by atoms with E-state index in [1.807, 2.05) is 26.0 Å². The molecule has 2 saturated heterocycles. The average Bonchev–Trinajstić information content (AvgIpc) is 2.92. The SMILES string of the molecule is C[C@@H]1C(=O)[C@H](C)[C@]2(C3OCCO3)C=C[C@H]1O2. The zero-order chi connectivity index (χ0) is 11.3. The van der Waals surface area contributed by atoms with Crippen LogP contribution in [-0.2, 0) is 19.0 Å². The second-order valence-corrected chi connectivity index (χ2v) is 4.78.